The molecule has 1 aromatic carbocycles. The molecule has 0 spiro atoms. The van der Waals surface area contributed by atoms with Crippen LogP contribution in [0.25, 0.3) is 0 Å². The van der Waals surface area contributed by atoms with Crippen molar-refractivity contribution in [2.45, 2.75) is 19.5 Å². The van der Waals surface area contributed by atoms with Gasteiger partial charge in [-0.3, -0.25) is 0 Å². The van der Waals surface area contributed by atoms with Gasteiger partial charge in [-0.1, -0.05) is 18.2 Å². The summed E-state index contributed by atoms with van der Waals surface area (Å²) in [6, 6.07) is 8.93. The van der Waals surface area contributed by atoms with E-state index in [0.29, 0.717) is 18.1 Å². The molecule has 96 valence electrons. The van der Waals surface area contributed by atoms with Crippen molar-refractivity contribution in [3.63, 3.8) is 0 Å². The second kappa shape index (κ2) is 5.71. The van der Waals surface area contributed by atoms with Gasteiger partial charge in [-0.2, -0.15) is 0 Å². The number of phenols is 1. The van der Waals surface area contributed by atoms with E-state index in [9.17, 15) is 10.2 Å². The van der Waals surface area contributed by atoms with Crippen molar-refractivity contribution < 1.29 is 14.6 Å². The highest BCUT2D eigenvalue weighted by Gasteiger charge is 2.13. The van der Waals surface area contributed by atoms with Gasteiger partial charge in [0.25, 0.3) is 0 Å². The minimum atomic E-state index is -0.264. The molecule has 0 amide bonds. The average Bonchev–Trinajstić information content (AvgIpc) is 2.89. The number of hydrogen-bond donors (Lipinski definition) is 3. The molecule has 18 heavy (non-hydrogen) atoms. The summed E-state index contributed by atoms with van der Waals surface area (Å²) in [6.45, 7) is 2.27. The molecule has 0 saturated heterocycles. The van der Waals surface area contributed by atoms with Gasteiger partial charge in [0.1, 0.15) is 11.5 Å². The Morgan fingerprint density at radius 1 is 1.28 bits per heavy atom. The molecule has 0 aliphatic carbocycles. The normalized spacial score (nSPS) is 12.6. The van der Waals surface area contributed by atoms with Crippen LogP contribution in [0.1, 0.15) is 22.9 Å². The summed E-state index contributed by atoms with van der Waals surface area (Å²) in [4.78, 5) is 0. The summed E-state index contributed by atoms with van der Waals surface area (Å²) in [7, 11) is 0. The SMILES string of the molecule is Cc1cccc(CNC(CO)c2ccco2)c1O. The highest BCUT2D eigenvalue weighted by Crippen LogP contribution is 2.22. The first-order chi connectivity index (χ1) is 8.72. The van der Waals surface area contributed by atoms with Crippen LogP contribution in [0.15, 0.2) is 41.0 Å². The maximum absolute atomic E-state index is 9.89. The summed E-state index contributed by atoms with van der Waals surface area (Å²) in [5.41, 5.74) is 1.65. The number of aliphatic hydroxyl groups is 1. The highest BCUT2D eigenvalue weighted by molar-refractivity contribution is 5.39. The van der Waals surface area contributed by atoms with Crippen LogP contribution in [-0.2, 0) is 6.54 Å². The first kappa shape index (κ1) is 12.7. The molecule has 4 nitrogen and oxygen atoms in total. The zero-order chi connectivity index (χ0) is 13.0. The largest absolute Gasteiger partial charge is 0.507 e. The number of benzene rings is 1. The number of hydrogen-bond acceptors (Lipinski definition) is 4. The summed E-state index contributed by atoms with van der Waals surface area (Å²) < 4.78 is 5.24. The molecule has 0 fully saturated rings. The van der Waals surface area contributed by atoms with E-state index in [-0.39, 0.29) is 12.6 Å². The lowest BCUT2D eigenvalue weighted by Gasteiger charge is -2.15. The number of aryl methyl sites for hydroxylation is 1. The van der Waals surface area contributed by atoms with E-state index in [4.69, 9.17) is 4.42 Å². The molecule has 0 aliphatic heterocycles. The zero-order valence-corrected chi connectivity index (χ0v) is 10.3. The van der Waals surface area contributed by atoms with Crippen LogP contribution in [0.3, 0.4) is 0 Å². The molecule has 4 heteroatoms. The van der Waals surface area contributed by atoms with Gasteiger partial charge in [0.15, 0.2) is 0 Å². The van der Waals surface area contributed by atoms with E-state index >= 15 is 0 Å². The number of para-hydroxylation sites is 1. The van der Waals surface area contributed by atoms with Gasteiger partial charge in [-0.05, 0) is 24.6 Å². The lowest BCUT2D eigenvalue weighted by molar-refractivity contribution is 0.225. The zero-order valence-electron chi connectivity index (χ0n) is 10.3. The summed E-state index contributed by atoms with van der Waals surface area (Å²) in [6.07, 6.45) is 1.57. The third-order valence-corrected chi connectivity index (χ3v) is 2.93. The summed E-state index contributed by atoms with van der Waals surface area (Å²) in [5.74, 6) is 0.978. The minimum Gasteiger partial charge on any atom is -0.507 e. The van der Waals surface area contributed by atoms with Crippen molar-refractivity contribution in [1.82, 2.24) is 5.32 Å². The summed E-state index contributed by atoms with van der Waals surface area (Å²) in [5, 5.41) is 22.4. The van der Waals surface area contributed by atoms with Crippen LogP contribution < -0.4 is 5.32 Å². The molecule has 3 N–H and O–H groups in total. The molecule has 0 aliphatic rings. The van der Waals surface area contributed by atoms with Gasteiger partial charge < -0.3 is 19.9 Å². The smallest absolute Gasteiger partial charge is 0.123 e. The molecule has 2 rings (SSSR count). The Morgan fingerprint density at radius 2 is 2.11 bits per heavy atom. The van der Waals surface area contributed by atoms with Crippen molar-refractivity contribution in [2.24, 2.45) is 0 Å². The Labute approximate surface area is 106 Å². The maximum Gasteiger partial charge on any atom is 0.123 e. The third-order valence-electron chi connectivity index (χ3n) is 2.93. The molecular weight excluding hydrogens is 230 g/mol. The number of furan rings is 1. The second-order valence-corrected chi connectivity index (χ2v) is 4.21. The van der Waals surface area contributed by atoms with Gasteiger partial charge in [0.2, 0.25) is 0 Å². The predicted octanol–water partition coefficient (Wildman–Crippen LogP) is 2.12. The third kappa shape index (κ3) is 2.72. The monoisotopic (exact) mass is 247 g/mol. The van der Waals surface area contributed by atoms with E-state index in [1.54, 1.807) is 12.3 Å². The molecule has 1 aromatic heterocycles. The second-order valence-electron chi connectivity index (χ2n) is 4.21. The lowest BCUT2D eigenvalue weighted by atomic mass is 10.1. The van der Waals surface area contributed by atoms with Crippen molar-refractivity contribution in [1.29, 1.82) is 0 Å². The van der Waals surface area contributed by atoms with Gasteiger partial charge in [0.05, 0.1) is 18.9 Å². The summed E-state index contributed by atoms with van der Waals surface area (Å²) >= 11 is 0. The fourth-order valence-electron chi connectivity index (χ4n) is 1.84. The first-order valence-electron chi connectivity index (χ1n) is 5.87. The number of phenolic OH excluding ortho intramolecular Hbond substituents is 1. The molecule has 0 radical (unpaired) electrons. The van der Waals surface area contributed by atoms with E-state index in [1.807, 2.05) is 31.2 Å². The van der Waals surface area contributed by atoms with Gasteiger partial charge in [-0.15, -0.1) is 0 Å². The van der Waals surface area contributed by atoms with E-state index in [0.717, 1.165) is 11.1 Å². The van der Waals surface area contributed by atoms with Crippen LogP contribution in [0.4, 0.5) is 0 Å². The maximum atomic E-state index is 9.89. The van der Waals surface area contributed by atoms with Crippen LogP contribution >= 0.6 is 0 Å². The predicted molar refractivity (Wildman–Crippen MR) is 68.2 cm³/mol. The fraction of sp³-hybridized carbons (Fsp3) is 0.286. The van der Waals surface area contributed by atoms with Gasteiger partial charge in [-0.25, -0.2) is 0 Å². The number of rotatable bonds is 5. The minimum absolute atomic E-state index is 0.0555. The number of aliphatic hydroxyl groups excluding tert-OH is 1. The molecule has 0 bridgehead atoms. The Bertz CT molecular complexity index is 494. The van der Waals surface area contributed by atoms with Crippen molar-refractivity contribution in [3.8, 4) is 5.75 Å². The molecule has 1 unspecified atom stereocenters. The quantitative estimate of drug-likeness (QED) is 0.757. The fourth-order valence-corrected chi connectivity index (χ4v) is 1.84. The van der Waals surface area contributed by atoms with Crippen LogP contribution in [0.2, 0.25) is 0 Å². The average molecular weight is 247 g/mol. The van der Waals surface area contributed by atoms with Gasteiger partial charge >= 0.3 is 0 Å². The van der Waals surface area contributed by atoms with E-state index in [1.165, 1.54) is 0 Å². The molecule has 2 aromatic rings. The first-order valence-corrected chi connectivity index (χ1v) is 5.87. The number of aromatic hydroxyl groups is 1. The van der Waals surface area contributed by atoms with E-state index < -0.39 is 0 Å². The van der Waals surface area contributed by atoms with Crippen molar-refractivity contribution in [2.75, 3.05) is 6.61 Å². The molecule has 1 atom stereocenters. The molecule has 0 saturated carbocycles. The molecule has 1 heterocycles. The van der Waals surface area contributed by atoms with Gasteiger partial charge in [0, 0.05) is 12.1 Å². The lowest BCUT2D eigenvalue weighted by Crippen LogP contribution is -2.23. The Balaban J connectivity index is 2.04. The van der Waals surface area contributed by atoms with Crippen LogP contribution in [0.5, 0.6) is 5.75 Å². The molecular formula is C14H17NO3. The highest BCUT2D eigenvalue weighted by atomic mass is 16.3. The van der Waals surface area contributed by atoms with Crippen LogP contribution in [0, 0.1) is 6.92 Å². The Morgan fingerprint density at radius 3 is 2.78 bits per heavy atom. The Hall–Kier alpha value is -1.78. The standard InChI is InChI=1S/C14H17NO3/c1-10-4-2-5-11(14(10)17)8-15-12(9-16)13-6-3-7-18-13/h2-7,12,15-17H,8-9H2,1H3. The van der Waals surface area contributed by atoms with Crippen LogP contribution in [-0.4, -0.2) is 16.8 Å². The van der Waals surface area contributed by atoms with E-state index in [2.05, 4.69) is 5.32 Å². The Kier molecular flexibility index (Phi) is 4.02. The van der Waals surface area contributed by atoms with Crippen molar-refractivity contribution in [3.05, 3.63) is 53.5 Å². The number of nitrogens with one attached hydrogen (secondary N) is 1. The topological polar surface area (TPSA) is 65.6 Å². The van der Waals surface area contributed by atoms with Crippen molar-refractivity contribution >= 4 is 0 Å².